The summed E-state index contributed by atoms with van der Waals surface area (Å²) in [5, 5.41) is 21.8. The largest absolute Gasteiger partial charge is 0.507 e. The molecule has 200 valence electrons. The lowest BCUT2D eigenvalue weighted by Crippen LogP contribution is -1.97. The van der Waals surface area contributed by atoms with E-state index in [1.54, 1.807) is 24.9 Å². The molecule has 3 heterocycles. The number of aryl methyl sites for hydroxylation is 2. The monoisotopic (exact) mass is 530 g/mol. The fourth-order valence-corrected chi connectivity index (χ4v) is 4.53. The van der Waals surface area contributed by atoms with Crippen molar-refractivity contribution in [3.63, 3.8) is 0 Å². The third kappa shape index (κ3) is 6.71. The number of aromatic nitrogens is 2. The molecule has 40 heavy (non-hydrogen) atoms. The highest BCUT2D eigenvalue weighted by molar-refractivity contribution is 5.82. The molecule has 0 radical (unpaired) electrons. The van der Waals surface area contributed by atoms with Gasteiger partial charge in [0.25, 0.3) is 0 Å². The Morgan fingerprint density at radius 3 is 1.02 bits per heavy atom. The molecule has 2 aromatic carbocycles. The standard InChI is InChI=1S/C32H30N6O2/c1-21-9-23-13-33-17-27-5-3-7-29(37-27)19-35-15-25-11-22(2)12-26(32(25)40)16-36-20-30-8-4-6-28(38-30)18-34-14-24(10-21)31(23)39/h3-12,17-20,39-40H,13-16H2,1-2H3. The molecule has 0 spiro atoms. The minimum absolute atomic E-state index is 0.193. The summed E-state index contributed by atoms with van der Waals surface area (Å²) in [6, 6.07) is 19.0. The highest BCUT2D eigenvalue weighted by Crippen LogP contribution is 2.27. The van der Waals surface area contributed by atoms with Crippen molar-refractivity contribution in [1.29, 1.82) is 0 Å². The predicted molar refractivity (Wildman–Crippen MR) is 159 cm³/mol. The van der Waals surface area contributed by atoms with Gasteiger partial charge in [0.05, 0.1) is 49.0 Å². The number of nitrogens with zero attached hydrogens (tertiary/aromatic N) is 6. The van der Waals surface area contributed by atoms with Crippen molar-refractivity contribution in [1.82, 2.24) is 9.97 Å². The molecule has 8 bridgehead atoms. The summed E-state index contributed by atoms with van der Waals surface area (Å²) in [5.74, 6) is 0.387. The molecule has 5 rings (SSSR count). The highest BCUT2D eigenvalue weighted by Gasteiger charge is 2.10. The van der Waals surface area contributed by atoms with E-state index in [1.807, 2.05) is 74.5 Å². The van der Waals surface area contributed by atoms with Crippen LogP contribution in [0.1, 0.15) is 56.2 Å². The van der Waals surface area contributed by atoms with Crippen LogP contribution in [0.25, 0.3) is 0 Å². The lowest BCUT2D eigenvalue weighted by molar-refractivity contribution is 0.461. The van der Waals surface area contributed by atoms with Crippen molar-refractivity contribution >= 4 is 24.9 Å². The molecule has 0 saturated carbocycles. The van der Waals surface area contributed by atoms with Crippen molar-refractivity contribution in [2.45, 2.75) is 40.0 Å². The van der Waals surface area contributed by atoms with Gasteiger partial charge >= 0.3 is 0 Å². The predicted octanol–water partition coefficient (Wildman–Crippen LogP) is 5.29. The number of pyridine rings is 2. The molecule has 2 N–H and O–H groups in total. The van der Waals surface area contributed by atoms with E-state index in [0.29, 0.717) is 49.0 Å². The quantitative estimate of drug-likeness (QED) is 0.321. The smallest absolute Gasteiger partial charge is 0.125 e. The molecule has 2 aromatic heterocycles. The first-order chi connectivity index (χ1) is 19.4. The normalized spacial score (nSPS) is 13.7. The highest BCUT2D eigenvalue weighted by atomic mass is 16.3. The molecule has 0 unspecified atom stereocenters. The first-order valence-corrected chi connectivity index (χ1v) is 13.0. The SMILES string of the molecule is Cc1cc2c(O)c(c1)CN=Cc1cccc(n1)C=NCc1cc(C)cc(c1O)CN=Cc1cccc(n1)C=NC2. The Bertz CT molecular complexity index is 1430. The van der Waals surface area contributed by atoms with E-state index in [1.165, 1.54) is 0 Å². The van der Waals surface area contributed by atoms with Crippen molar-refractivity contribution in [2.24, 2.45) is 20.0 Å². The summed E-state index contributed by atoms with van der Waals surface area (Å²) in [6.07, 6.45) is 6.75. The van der Waals surface area contributed by atoms with Gasteiger partial charge in [-0.2, -0.15) is 0 Å². The van der Waals surface area contributed by atoms with Crippen LogP contribution in [0.2, 0.25) is 0 Å². The van der Waals surface area contributed by atoms with Crippen LogP contribution in [0.15, 0.2) is 80.6 Å². The Kier molecular flexibility index (Phi) is 8.15. The molecule has 4 aromatic rings. The van der Waals surface area contributed by atoms with E-state index in [2.05, 4.69) is 29.9 Å². The molecule has 8 heteroatoms. The van der Waals surface area contributed by atoms with Crippen LogP contribution in [-0.2, 0) is 26.2 Å². The van der Waals surface area contributed by atoms with E-state index in [0.717, 1.165) is 33.4 Å². The Labute approximate surface area is 233 Å². The summed E-state index contributed by atoms with van der Waals surface area (Å²) in [4.78, 5) is 27.3. The van der Waals surface area contributed by atoms with Gasteiger partial charge in [-0.1, -0.05) is 47.5 Å². The number of rotatable bonds is 0. The molecule has 0 aliphatic carbocycles. The summed E-state index contributed by atoms with van der Waals surface area (Å²) < 4.78 is 0. The van der Waals surface area contributed by atoms with Crippen molar-refractivity contribution < 1.29 is 10.2 Å². The number of fused-ring (bicyclic) bond motifs is 8. The Morgan fingerprint density at radius 2 is 0.750 bits per heavy atom. The number of phenols is 2. The van der Waals surface area contributed by atoms with Crippen LogP contribution < -0.4 is 0 Å². The number of hydrogen-bond donors (Lipinski definition) is 2. The van der Waals surface area contributed by atoms with Crippen LogP contribution in [-0.4, -0.2) is 45.0 Å². The summed E-state index contributed by atoms with van der Waals surface area (Å²) >= 11 is 0. The van der Waals surface area contributed by atoms with Gasteiger partial charge in [-0.15, -0.1) is 0 Å². The average molecular weight is 531 g/mol. The molecular weight excluding hydrogens is 500 g/mol. The molecule has 0 saturated heterocycles. The van der Waals surface area contributed by atoms with Crippen LogP contribution in [0, 0.1) is 13.8 Å². The van der Waals surface area contributed by atoms with Gasteiger partial charge in [0, 0.05) is 47.1 Å². The third-order valence-electron chi connectivity index (χ3n) is 6.35. The number of aromatic hydroxyl groups is 2. The number of aliphatic imine (C=N–C) groups is 4. The second kappa shape index (κ2) is 12.3. The topological polar surface area (TPSA) is 116 Å². The Hall–Kier alpha value is -4.98. The zero-order chi connectivity index (χ0) is 27.9. The Morgan fingerprint density at radius 1 is 0.475 bits per heavy atom. The van der Waals surface area contributed by atoms with E-state index in [9.17, 15) is 10.2 Å². The second-order valence-corrected chi connectivity index (χ2v) is 9.72. The second-order valence-electron chi connectivity index (χ2n) is 9.72. The third-order valence-corrected chi connectivity index (χ3v) is 6.35. The maximum absolute atomic E-state index is 10.9. The molecule has 1 aliphatic rings. The van der Waals surface area contributed by atoms with Crippen LogP contribution in [0.4, 0.5) is 0 Å². The van der Waals surface area contributed by atoms with Gasteiger partial charge in [-0.05, 0) is 38.1 Å². The number of hydrogen-bond acceptors (Lipinski definition) is 8. The maximum Gasteiger partial charge on any atom is 0.125 e. The van der Waals surface area contributed by atoms with Crippen LogP contribution in [0.5, 0.6) is 11.5 Å². The number of phenolic OH excluding ortho intramolecular Hbond substituents is 2. The van der Waals surface area contributed by atoms with Gasteiger partial charge < -0.3 is 10.2 Å². The van der Waals surface area contributed by atoms with E-state index in [4.69, 9.17) is 0 Å². The lowest BCUT2D eigenvalue weighted by Gasteiger charge is -2.09. The van der Waals surface area contributed by atoms with Crippen LogP contribution in [0.3, 0.4) is 0 Å². The molecule has 0 amide bonds. The summed E-state index contributed by atoms with van der Waals surface area (Å²) in [5.41, 5.74) is 7.68. The molecule has 8 nitrogen and oxygen atoms in total. The summed E-state index contributed by atoms with van der Waals surface area (Å²) in [6.45, 7) is 5.20. The minimum atomic E-state index is 0.193. The first-order valence-electron chi connectivity index (χ1n) is 13.0. The fourth-order valence-electron chi connectivity index (χ4n) is 4.53. The zero-order valence-corrected chi connectivity index (χ0v) is 22.5. The minimum Gasteiger partial charge on any atom is -0.507 e. The van der Waals surface area contributed by atoms with E-state index >= 15 is 0 Å². The van der Waals surface area contributed by atoms with Gasteiger partial charge in [-0.25, -0.2) is 9.97 Å². The Balaban J connectivity index is 1.50. The maximum atomic E-state index is 10.9. The molecule has 0 fully saturated rings. The van der Waals surface area contributed by atoms with Gasteiger partial charge in [0.2, 0.25) is 0 Å². The van der Waals surface area contributed by atoms with Gasteiger partial charge in [0.1, 0.15) is 11.5 Å². The van der Waals surface area contributed by atoms with Crippen molar-refractivity contribution in [3.8, 4) is 11.5 Å². The summed E-state index contributed by atoms with van der Waals surface area (Å²) in [7, 11) is 0. The lowest BCUT2D eigenvalue weighted by atomic mass is 10.0. The molecular formula is C32H30N6O2. The van der Waals surface area contributed by atoms with Gasteiger partial charge in [0.15, 0.2) is 0 Å². The van der Waals surface area contributed by atoms with Gasteiger partial charge in [-0.3, -0.25) is 20.0 Å². The fraction of sp³-hybridized carbons (Fsp3) is 0.188. The molecule has 0 atom stereocenters. The van der Waals surface area contributed by atoms with E-state index < -0.39 is 0 Å². The number of benzene rings is 2. The van der Waals surface area contributed by atoms with Crippen molar-refractivity contribution in [3.05, 3.63) is 117 Å². The zero-order valence-electron chi connectivity index (χ0n) is 22.5. The average Bonchev–Trinajstić information content (AvgIpc) is 2.93. The van der Waals surface area contributed by atoms with Crippen LogP contribution >= 0.6 is 0 Å². The van der Waals surface area contributed by atoms with E-state index in [-0.39, 0.29) is 11.5 Å². The first kappa shape index (κ1) is 26.6. The molecule has 1 aliphatic heterocycles. The van der Waals surface area contributed by atoms with Crippen molar-refractivity contribution in [2.75, 3.05) is 0 Å².